The summed E-state index contributed by atoms with van der Waals surface area (Å²) in [6.45, 7) is 4.81. The van der Waals surface area contributed by atoms with Gasteiger partial charge in [-0.25, -0.2) is 9.97 Å². The van der Waals surface area contributed by atoms with Crippen LogP contribution in [0.25, 0.3) is 0 Å². The van der Waals surface area contributed by atoms with Crippen molar-refractivity contribution in [3.63, 3.8) is 0 Å². The highest BCUT2D eigenvalue weighted by molar-refractivity contribution is 5.52. The van der Waals surface area contributed by atoms with E-state index in [4.69, 9.17) is 0 Å². The lowest BCUT2D eigenvalue weighted by molar-refractivity contribution is 0.647. The number of anilines is 3. The third kappa shape index (κ3) is 4.56. The van der Waals surface area contributed by atoms with Crippen LogP contribution in [0.5, 0.6) is 0 Å². The number of nitrogens with one attached hydrogen (secondary N) is 1. The summed E-state index contributed by atoms with van der Waals surface area (Å²) in [6.07, 6.45) is 2.64. The number of hydrogen-bond acceptors (Lipinski definition) is 5. The molecule has 1 fully saturated rings. The zero-order valence-corrected chi connectivity index (χ0v) is 15.5. The van der Waals surface area contributed by atoms with Crippen LogP contribution in [0.4, 0.5) is 17.3 Å². The maximum Gasteiger partial charge on any atom is 0.134 e. The van der Waals surface area contributed by atoms with E-state index >= 15 is 0 Å². The molecule has 1 N–H and O–H groups in total. The second-order valence-corrected chi connectivity index (χ2v) is 6.73. The van der Waals surface area contributed by atoms with E-state index in [0.29, 0.717) is 0 Å². The summed E-state index contributed by atoms with van der Waals surface area (Å²) in [5, 5.41) is 3.42. The van der Waals surface area contributed by atoms with Crippen molar-refractivity contribution in [2.45, 2.75) is 6.42 Å². The van der Waals surface area contributed by atoms with E-state index in [1.807, 2.05) is 6.07 Å². The van der Waals surface area contributed by atoms with Gasteiger partial charge >= 0.3 is 0 Å². The van der Waals surface area contributed by atoms with Crippen LogP contribution in [-0.4, -0.2) is 42.7 Å². The Morgan fingerprint density at radius 3 is 2.19 bits per heavy atom. The van der Waals surface area contributed by atoms with Gasteiger partial charge < -0.3 is 15.1 Å². The first-order valence-corrected chi connectivity index (χ1v) is 9.53. The molecule has 2 aromatic carbocycles. The second-order valence-electron chi connectivity index (χ2n) is 6.73. The molecule has 1 aliphatic rings. The number of nitrogens with zero attached hydrogens (tertiary/aromatic N) is 4. The average Bonchev–Trinajstić information content (AvgIpc) is 2.76. The van der Waals surface area contributed by atoms with Crippen molar-refractivity contribution in [3.05, 3.63) is 78.6 Å². The minimum atomic E-state index is 0.863. The van der Waals surface area contributed by atoms with Crippen LogP contribution in [-0.2, 0) is 6.42 Å². The zero-order chi connectivity index (χ0) is 18.3. The minimum Gasteiger partial charge on any atom is -0.370 e. The standard InChI is InChI=1S/C22H25N5/c1-3-7-19(8-4-1)11-12-23-21-17-22(25-18-24-21)27-15-13-26(14-16-27)20-9-5-2-6-10-20/h1-10,17-18H,11-16H2,(H,23,24,25). The summed E-state index contributed by atoms with van der Waals surface area (Å²) in [7, 11) is 0. The molecule has 0 amide bonds. The van der Waals surface area contributed by atoms with Crippen molar-refractivity contribution in [3.8, 4) is 0 Å². The van der Waals surface area contributed by atoms with Gasteiger partial charge in [0.05, 0.1) is 0 Å². The fourth-order valence-electron chi connectivity index (χ4n) is 3.43. The Kier molecular flexibility index (Phi) is 5.48. The lowest BCUT2D eigenvalue weighted by Crippen LogP contribution is -2.46. The predicted molar refractivity (Wildman–Crippen MR) is 112 cm³/mol. The van der Waals surface area contributed by atoms with Crippen LogP contribution in [0.3, 0.4) is 0 Å². The fraction of sp³-hybridized carbons (Fsp3) is 0.273. The molecule has 1 aliphatic heterocycles. The molecular weight excluding hydrogens is 334 g/mol. The molecule has 0 atom stereocenters. The lowest BCUT2D eigenvalue weighted by atomic mass is 10.1. The summed E-state index contributed by atoms with van der Waals surface area (Å²) in [5.74, 6) is 1.89. The van der Waals surface area contributed by atoms with Gasteiger partial charge in [-0.2, -0.15) is 0 Å². The topological polar surface area (TPSA) is 44.3 Å². The van der Waals surface area contributed by atoms with E-state index in [1.54, 1.807) is 6.33 Å². The lowest BCUT2D eigenvalue weighted by Gasteiger charge is -2.36. The van der Waals surface area contributed by atoms with Crippen LogP contribution in [0.15, 0.2) is 73.1 Å². The highest BCUT2D eigenvalue weighted by Crippen LogP contribution is 2.20. The summed E-state index contributed by atoms with van der Waals surface area (Å²) < 4.78 is 0. The van der Waals surface area contributed by atoms with E-state index in [1.165, 1.54) is 11.3 Å². The predicted octanol–water partition coefficient (Wildman–Crippen LogP) is 3.46. The Bertz CT molecular complexity index is 830. The van der Waals surface area contributed by atoms with E-state index < -0.39 is 0 Å². The fourth-order valence-corrected chi connectivity index (χ4v) is 3.43. The van der Waals surface area contributed by atoms with Crippen LogP contribution in [0, 0.1) is 0 Å². The van der Waals surface area contributed by atoms with Gasteiger partial charge in [-0.1, -0.05) is 48.5 Å². The summed E-state index contributed by atoms with van der Waals surface area (Å²) >= 11 is 0. The van der Waals surface area contributed by atoms with E-state index in [2.05, 4.69) is 85.7 Å². The molecule has 138 valence electrons. The van der Waals surface area contributed by atoms with Gasteiger partial charge in [0.15, 0.2) is 0 Å². The molecule has 27 heavy (non-hydrogen) atoms. The van der Waals surface area contributed by atoms with Gasteiger partial charge in [0.1, 0.15) is 18.0 Å². The Balaban J connectivity index is 1.31. The first-order chi connectivity index (χ1) is 13.4. The van der Waals surface area contributed by atoms with Crippen LogP contribution >= 0.6 is 0 Å². The van der Waals surface area contributed by atoms with E-state index in [9.17, 15) is 0 Å². The number of hydrogen-bond donors (Lipinski definition) is 1. The van der Waals surface area contributed by atoms with Crippen molar-refractivity contribution in [2.75, 3.05) is 47.8 Å². The molecule has 1 saturated heterocycles. The molecule has 0 bridgehead atoms. The molecule has 0 aliphatic carbocycles. The van der Waals surface area contributed by atoms with Crippen molar-refractivity contribution < 1.29 is 0 Å². The highest BCUT2D eigenvalue weighted by atomic mass is 15.3. The number of aromatic nitrogens is 2. The van der Waals surface area contributed by atoms with Crippen LogP contribution in [0.1, 0.15) is 5.56 Å². The van der Waals surface area contributed by atoms with Crippen molar-refractivity contribution >= 4 is 17.3 Å². The van der Waals surface area contributed by atoms with Gasteiger partial charge in [-0.3, -0.25) is 0 Å². The quantitative estimate of drug-likeness (QED) is 0.730. The van der Waals surface area contributed by atoms with Gasteiger partial charge in [-0.05, 0) is 24.1 Å². The maximum absolute atomic E-state index is 4.48. The van der Waals surface area contributed by atoms with Crippen LogP contribution in [0.2, 0.25) is 0 Å². The number of para-hydroxylation sites is 1. The van der Waals surface area contributed by atoms with Gasteiger partial charge in [0, 0.05) is 44.5 Å². The Hall–Kier alpha value is -3.08. The molecule has 0 radical (unpaired) electrons. The van der Waals surface area contributed by atoms with E-state index in [0.717, 1.165) is 50.8 Å². The Morgan fingerprint density at radius 1 is 0.778 bits per heavy atom. The van der Waals surface area contributed by atoms with Gasteiger partial charge in [-0.15, -0.1) is 0 Å². The minimum absolute atomic E-state index is 0.863. The third-order valence-electron chi connectivity index (χ3n) is 4.94. The molecule has 4 rings (SSSR count). The van der Waals surface area contributed by atoms with Gasteiger partial charge in [0.25, 0.3) is 0 Å². The SMILES string of the molecule is c1ccc(CCNc2cc(N3CCN(c4ccccc4)CC3)ncn2)cc1. The molecule has 1 aromatic heterocycles. The number of piperazine rings is 1. The molecule has 2 heterocycles. The van der Waals surface area contributed by atoms with Crippen molar-refractivity contribution in [1.29, 1.82) is 0 Å². The third-order valence-corrected chi connectivity index (χ3v) is 4.94. The molecule has 0 spiro atoms. The molecule has 5 nitrogen and oxygen atoms in total. The zero-order valence-electron chi connectivity index (χ0n) is 15.5. The molecular formula is C22H25N5. The van der Waals surface area contributed by atoms with Crippen LogP contribution < -0.4 is 15.1 Å². The average molecular weight is 359 g/mol. The van der Waals surface area contributed by atoms with Gasteiger partial charge in [0.2, 0.25) is 0 Å². The summed E-state index contributed by atoms with van der Waals surface area (Å²) in [5.41, 5.74) is 2.62. The normalized spacial score (nSPS) is 14.2. The van der Waals surface area contributed by atoms with Crippen molar-refractivity contribution in [1.82, 2.24) is 9.97 Å². The largest absolute Gasteiger partial charge is 0.370 e. The second kappa shape index (κ2) is 8.54. The maximum atomic E-state index is 4.48. The molecule has 0 saturated carbocycles. The number of benzene rings is 2. The first-order valence-electron chi connectivity index (χ1n) is 9.53. The monoisotopic (exact) mass is 359 g/mol. The number of rotatable bonds is 6. The van der Waals surface area contributed by atoms with E-state index in [-0.39, 0.29) is 0 Å². The molecule has 0 unspecified atom stereocenters. The highest BCUT2D eigenvalue weighted by Gasteiger charge is 2.18. The first kappa shape index (κ1) is 17.3. The Labute approximate surface area is 160 Å². The van der Waals surface area contributed by atoms with Crippen molar-refractivity contribution in [2.24, 2.45) is 0 Å². The Morgan fingerprint density at radius 2 is 1.44 bits per heavy atom. The smallest absolute Gasteiger partial charge is 0.134 e. The molecule has 3 aromatic rings. The summed E-state index contributed by atoms with van der Waals surface area (Å²) in [6, 6.07) is 23.2. The molecule has 5 heteroatoms. The summed E-state index contributed by atoms with van der Waals surface area (Å²) in [4.78, 5) is 13.6.